The van der Waals surface area contributed by atoms with Gasteiger partial charge in [-0.2, -0.15) is 0 Å². The Labute approximate surface area is 147 Å². The smallest absolute Gasteiger partial charge is 0.0465 e. The van der Waals surface area contributed by atoms with Crippen molar-refractivity contribution in [2.24, 2.45) is 0 Å². The normalized spacial score (nSPS) is 27.3. The summed E-state index contributed by atoms with van der Waals surface area (Å²) in [7, 11) is 0. The lowest BCUT2D eigenvalue weighted by Crippen LogP contribution is -2.41. The predicted molar refractivity (Wildman–Crippen MR) is 95.0 cm³/mol. The lowest BCUT2D eigenvalue weighted by atomic mass is 9.87. The van der Waals surface area contributed by atoms with Gasteiger partial charge in [-0.3, -0.25) is 9.88 Å². The fourth-order valence-corrected chi connectivity index (χ4v) is 4.77. The van der Waals surface area contributed by atoms with Crippen LogP contribution >= 0.6 is 23.2 Å². The van der Waals surface area contributed by atoms with E-state index in [0.29, 0.717) is 18.0 Å². The second-order valence-electron chi connectivity index (χ2n) is 6.68. The molecule has 4 rings (SSSR count). The van der Waals surface area contributed by atoms with Crippen LogP contribution in [0.2, 0.25) is 10.0 Å². The third kappa shape index (κ3) is 3.00. The van der Waals surface area contributed by atoms with E-state index in [-0.39, 0.29) is 0 Å². The SMILES string of the molecule is Clc1cccc(Cl)c1CN1C2CCC1CC(c1ccccn1)C2. The Morgan fingerprint density at radius 2 is 1.65 bits per heavy atom. The van der Waals surface area contributed by atoms with Crippen LogP contribution in [0.5, 0.6) is 0 Å². The molecule has 0 radical (unpaired) electrons. The standard InChI is InChI=1S/C19H20Cl2N2/c20-17-4-3-5-18(21)16(17)12-23-14-7-8-15(23)11-13(10-14)19-6-1-2-9-22-19/h1-6,9,13-15H,7-8,10-12H2. The van der Waals surface area contributed by atoms with Gasteiger partial charge in [0, 0.05) is 52.0 Å². The first-order chi connectivity index (χ1) is 11.2. The molecule has 2 aromatic rings. The second kappa shape index (κ2) is 6.43. The van der Waals surface area contributed by atoms with Crippen LogP contribution in [0.1, 0.15) is 42.9 Å². The molecule has 120 valence electrons. The number of rotatable bonds is 3. The summed E-state index contributed by atoms with van der Waals surface area (Å²) in [6, 6.07) is 13.3. The molecule has 1 aromatic carbocycles. The van der Waals surface area contributed by atoms with Gasteiger partial charge in [-0.25, -0.2) is 0 Å². The van der Waals surface area contributed by atoms with Crippen molar-refractivity contribution in [3.8, 4) is 0 Å². The highest BCUT2D eigenvalue weighted by atomic mass is 35.5. The fraction of sp³-hybridized carbons (Fsp3) is 0.421. The largest absolute Gasteiger partial charge is 0.293 e. The van der Waals surface area contributed by atoms with Gasteiger partial charge in [-0.15, -0.1) is 0 Å². The van der Waals surface area contributed by atoms with Crippen LogP contribution < -0.4 is 0 Å². The molecule has 2 saturated heterocycles. The van der Waals surface area contributed by atoms with Gasteiger partial charge in [-0.05, 0) is 49.9 Å². The Bertz CT molecular complexity index is 655. The van der Waals surface area contributed by atoms with E-state index in [1.807, 2.05) is 30.5 Å². The van der Waals surface area contributed by atoms with Gasteiger partial charge in [-0.1, -0.05) is 35.3 Å². The van der Waals surface area contributed by atoms with Gasteiger partial charge in [0.15, 0.2) is 0 Å². The third-order valence-corrected chi connectivity index (χ3v) is 6.10. The summed E-state index contributed by atoms with van der Waals surface area (Å²) >= 11 is 12.7. The first-order valence-electron chi connectivity index (χ1n) is 8.32. The Balaban J connectivity index is 1.53. The van der Waals surface area contributed by atoms with Crippen molar-refractivity contribution in [3.05, 3.63) is 63.9 Å². The van der Waals surface area contributed by atoms with E-state index in [2.05, 4.69) is 22.0 Å². The Morgan fingerprint density at radius 3 is 2.26 bits per heavy atom. The molecule has 0 N–H and O–H groups in total. The number of nitrogens with zero attached hydrogens (tertiary/aromatic N) is 2. The predicted octanol–water partition coefficient (Wildman–Crippen LogP) is 5.30. The van der Waals surface area contributed by atoms with Crippen LogP contribution in [-0.2, 0) is 6.54 Å². The molecule has 4 heteroatoms. The molecular weight excluding hydrogens is 327 g/mol. The highest BCUT2D eigenvalue weighted by molar-refractivity contribution is 6.35. The lowest BCUT2D eigenvalue weighted by molar-refractivity contribution is 0.117. The minimum absolute atomic E-state index is 0.590. The monoisotopic (exact) mass is 346 g/mol. The topological polar surface area (TPSA) is 16.1 Å². The number of pyridine rings is 1. The number of hydrogen-bond acceptors (Lipinski definition) is 2. The van der Waals surface area contributed by atoms with E-state index in [9.17, 15) is 0 Å². The van der Waals surface area contributed by atoms with Crippen molar-refractivity contribution in [1.82, 2.24) is 9.88 Å². The van der Waals surface area contributed by atoms with Crippen molar-refractivity contribution >= 4 is 23.2 Å². The number of hydrogen-bond donors (Lipinski definition) is 0. The number of benzene rings is 1. The number of halogens is 2. The summed E-state index contributed by atoms with van der Waals surface area (Å²) < 4.78 is 0. The van der Waals surface area contributed by atoms with Crippen LogP contribution in [0.3, 0.4) is 0 Å². The van der Waals surface area contributed by atoms with Crippen LogP contribution in [0.4, 0.5) is 0 Å². The Hall–Kier alpha value is -1.09. The van der Waals surface area contributed by atoms with Crippen molar-refractivity contribution in [2.75, 3.05) is 0 Å². The van der Waals surface area contributed by atoms with Crippen LogP contribution in [0.25, 0.3) is 0 Å². The van der Waals surface area contributed by atoms with Crippen molar-refractivity contribution < 1.29 is 0 Å². The molecule has 2 aliphatic heterocycles. The third-order valence-electron chi connectivity index (χ3n) is 5.39. The van der Waals surface area contributed by atoms with E-state index in [4.69, 9.17) is 23.2 Å². The van der Waals surface area contributed by atoms with Crippen molar-refractivity contribution in [3.63, 3.8) is 0 Å². The van der Waals surface area contributed by atoms with Crippen LogP contribution in [0, 0.1) is 0 Å². The zero-order valence-corrected chi connectivity index (χ0v) is 14.5. The highest BCUT2D eigenvalue weighted by Gasteiger charge is 2.41. The first-order valence-corrected chi connectivity index (χ1v) is 9.07. The molecule has 0 amide bonds. The zero-order chi connectivity index (χ0) is 15.8. The summed E-state index contributed by atoms with van der Waals surface area (Å²) in [4.78, 5) is 7.19. The molecule has 1 aromatic heterocycles. The van der Waals surface area contributed by atoms with E-state index >= 15 is 0 Å². The fourth-order valence-electron chi connectivity index (χ4n) is 4.26. The van der Waals surface area contributed by atoms with Gasteiger partial charge in [0.05, 0.1) is 0 Å². The maximum atomic E-state index is 6.37. The highest BCUT2D eigenvalue weighted by Crippen LogP contribution is 2.44. The Kier molecular flexibility index (Phi) is 4.31. The Morgan fingerprint density at radius 1 is 0.957 bits per heavy atom. The lowest BCUT2D eigenvalue weighted by Gasteiger charge is -2.39. The molecule has 2 unspecified atom stereocenters. The van der Waals surface area contributed by atoms with E-state index in [1.54, 1.807) is 0 Å². The maximum absolute atomic E-state index is 6.37. The zero-order valence-electron chi connectivity index (χ0n) is 13.0. The number of piperidine rings is 1. The van der Waals surface area contributed by atoms with Gasteiger partial charge < -0.3 is 0 Å². The summed E-state index contributed by atoms with van der Waals surface area (Å²) in [5, 5.41) is 1.56. The quantitative estimate of drug-likeness (QED) is 0.749. The molecule has 0 saturated carbocycles. The summed E-state index contributed by atoms with van der Waals surface area (Å²) in [6.07, 6.45) is 6.84. The number of fused-ring (bicyclic) bond motifs is 2. The molecule has 2 aliphatic rings. The molecule has 0 spiro atoms. The van der Waals surface area contributed by atoms with Crippen molar-refractivity contribution in [2.45, 2.75) is 50.2 Å². The van der Waals surface area contributed by atoms with Crippen molar-refractivity contribution in [1.29, 1.82) is 0 Å². The van der Waals surface area contributed by atoms with Crippen LogP contribution in [-0.4, -0.2) is 22.0 Å². The molecule has 2 bridgehead atoms. The summed E-state index contributed by atoms with van der Waals surface area (Å²) in [6.45, 7) is 0.864. The van der Waals surface area contributed by atoms with Gasteiger partial charge in [0.25, 0.3) is 0 Å². The average molecular weight is 347 g/mol. The van der Waals surface area contributed by atoms with Gasteiger partial charge in [0.2, 0.25) is 0 Å². The van der Waals surface area contributed by atoms with E-state index < -0.39 is 0 Å². The molecule has 2 atom stereocenters. The summed E-state index contributed by atoms with van der Waals surface area (Å²) in [5.74, 6) is 0.590. The minimum atomic E-state index is 0.590. The van der Waals surface area contributed by atoms with E-state index in [1.165, 1.54) is 31.4 Å². The van der Waals surface area contributed by atoms with Gasteiger partial charge in [0.1, 0.15) is 0 Å². The second-order valence-corrected chi connectivity index (χ2v) is 7.49. The maximum Gasteiger partial charge on any atom is 0.0465 e. The molecule has 2 nitrogen and oxygen atoms in total. The summed E-state index contributed by atoms with van der Waals surface area (Å²) in [5.41, 5.74) is 2.32. The number of aromatic nitrogens is 1. The first kappa shape index (κ1) is 15.4. The minimum Gasteiger partial charge on any atom is -0.293 e. The average Bonchev–Trinajstić information content (AvgIpc) is 2.80. The molecule has 3 heterocycles. The molecule has 23 heavy (non-hydrogen) atoms. The molecule has 0 aliphatic carbocycles. The van der Waals surface area contributed by atoms with E-state index in [0.717, 1.165) is 22.2 Å². The van der Waals surface area contributed by atoms with Gasteiger partial charge >= 0.3 is 0 Å². The molecular formula is C19H20Cl2N2. The molecule has 2 fully saturated rings. The van der Waals surface area contributed by atoms with Crippen LogP contribution in [0.15, 0.2) is 42.6 Å².